The third kappa shape index (κ3) is 7.09. The quantitative estimate of drug-likeness (QED) is 0.115. The summed E-state index contributed by atoms with van der Waals surface area (Å²) in [5.41, 5.74) is 11.1. The standard InChI is InChI=1S/C39H42N6O4S/c1-7-50-29-16-10-14-27(18-29)35(47)45(21-26-13-9-15-28(17-26)44-22-32(46)42-37(44)48)39(20-31(39)38(4,5)6)23-49-33-19-30(41-36(40)43-33)34-24(2)11-8-12-25(34)3/h7-19,31H,20-23H2,1-6H3,(H2-,40,41,42,43,46,48)/p+1/t31-,39?/m0/s1. The molecule has 2 fully saturated rings. The zero-order chi connectivity index (χ0) is 35.8. The molecule has 6 rings (SSSR count). The third-order valence-corrected chi connectivity index (χ3v) is 10.3. The number of nitrogens with zero attached hydrogens (tertiary/aromatic N) is 4. The minimum atomic E-state index is -0.690. The lowest BCUT2D eigenvalue weighted by molar-refractivity contribution is -0.117. The molecule has 2 aliphatic rings. The van der Waals surface area contributed by atoms with E-state index in [1.165, 1.54) is 4.90 Å². The number of anilines is 2. The molecule has 258 valence electrons. The van der Waals surface area contributed by atoms with E-state index >= 15 is 0 Å². The number of aromatic nitrogens is 2. The van der Waals surface area contributed by atoms with Crippen LogP contribution in [0, 0.1) is 25.2 Å². The van der Waals surface area contributed by atoms with Crippen LogP contribution in [0.4, 0.5) is 16.4 Å². The van der Waals surface area contributed by atoms with Gasteiger partial charge in [0.2, 0.25) is 34.0 Å². The molecule has 1 aromatic heterocycles. The van der Waals surface area contributed by atoms with Crippen LogP contribution in [0.25, 0.3) is 11.3 Å². The van der Waals surface area contributed by atoms with Gasteiger partial charge in [0.1, 0.15) is 13.2 Å². The molecule has 1 saturated heterocycles. The molecule has 10 nitrogen and oxygen atoms in total. The summed E-state index contributed by atoms with van der Waals surface area (Å²) in [5.74, 6) is 0.0610. The summed E-state index contributed by atoms with van der Waals surface area (Å²) in [7, 11) is 0. The van der Waals surface area contributed by atoms with Crippen LogP contribution >= 0.6 is 0 Å². The van der Waals surface area contributed by atoms with Gasteiger partial charge < -0.3 is 15.4 Å². The Bertz CT molecular complexity index is 1990. The van der Waals surface area contributed by atoms with Gasteiger partial charge in [0.25, 0.3) is 5.91 Å². The number of nitrogen functional groups attached to an aromatic ring is 1. The van der Waals surface area contributed by atoms with E-state index in [2.05, 4.69) is 36.1 Å². The van der Waals surface area contributed by atoms with Crippen molar-refractivity contribution in [3.8, 4) is 17.1 Å². The topological polar surface area (TPSA) is 131 Å². The Kier molecular flexibility index (Phi) is 9.46. The third-order valence-electron chi connectivity index (χ3n) is 9.49. The summed E-state index contributed by atoms with van der Waals surface area (Å²) in [6.45, 7) is 13.0. The molecule has 1 aliphatic carbocycles. The first kappa shape index (κ1) is 34.7. The van der Waals surface area contributed by atoms with Crippen LogP contribution < -0.4 is 20.7 Å². The highest BCUT2D eigenvalue weighted by molar-refractivity contribution is 7.77. The number of aryl methyl sites for hydroxylation is 2. The molecular weight excluding hydrogens is 649 g/mol. The largest absolute Gasteiger partial charge is 0.475 e. The van der Waals surface area contributed by atoms with E-state index < -0.39 is 11.6 Å². The van der Waals surface area contributed by atoms with Gasteiger partial charge in [-0.3, -0.25) is 19.8 Å². The van der Waals surface area contributed by atoms with Crippen LogP contribution in [0.5, 0.6) is 5.88 Å². The Hall–Kier alpha value is -5.16. The second-order valence-corrected chi connectivity index (χ2v) is 15.3. The predicted octanol–water partition coefficient (Wildman–Crippen LogP) is 6.19. The van der Waals surface area contributed by atoms with Gasteiger partial charge in [0.05, 0.1) is 11.2 Å². The highest BCUT2D eigenvalue weighted by atomic mass is 32.1. The van der Waals surface area contributed by atoms with Gasteiger partial charge in [-0.05, 0) is 66.5 Å². The number of nitrogens with two attached hydrogens (primary N) is 1. The first-order valence-electron chi connectivity index (χ1n) is 16.7. The van der Waals surface area contributed by atoms with Crippen molar-refractivity contribution in [1.29, 1.82) is 0 Å². The monoisotopic (exact) mass is 691 g/mol. The molecule has 50 heavy (non-hydrogen) atoms. The zero-order valence-corrected chi connectivity index (χ0v) is 30.1. The van der Waals surface area contributed by atoms with Crippen LogP contribution in [0.1, 0.15) is 61.2 Å². The molecule has 3 aromatic carbocycles. The summed E-state index contributed by atoms with van der Waals surface area (Å²) in [6, 6.07) is 22.5. The fourth-order valence-electron chi connectivity index (χ4n) is 7.09. The number of amides is 4. The maximum Gasteiger partial charge on any atom is 0.329 e. The fraction of sp³-hybridized carbons (Fsp3) is 0.333. The van der Waals surface area contributed by atoms with E-state index in [4.69, 9.17) is 10.5 Å². The molecule has 1 aliphatic heterocycles. The molecule has 3 N–H and O–H groups in total. The number of carbonyl (C=O) groups is 3. The van der Waals surface area contributed by atoms with Crippen molar-refractivity contribution >= 4 is 46.2 Å². The number of carbonyl (C=O) groups excluding carboxylic acids is 3. The van der Waals surface area contributed by atoms with Crippen LogP contribution in [0.15, 0.2) is 77.7 Å². The van der Waals surface area contributed by atoms with Crippen LogP contribution in [-0.2, 0) is 22.7 Å². The van der Waals surface area contributed by atoms with Crippen molar-refractivity contribution in [2.24, 2.45) is 11.3 Å². The van der Waals surface area contributed by atoms with E-state index in [1.807, 2.05) is 97.8 Å². The molecule has 4 amide bonds. The van der Waals surface area contributed by atoms with E-state index in [9.17, 15) is 14.4 Å². The summed E-state index contributed by atoms with van der Waals surface area (Å²) in [5, 5.41) is 4.32. The van der Waals surface area contributed by atoms with Crippen molar-refractivity contribution in [1.82, 2.24) is 20.2 Å². The fourth-order valence-corrected chi connectivity index (χ4v) is 7.71. The molecule has 2 heterocycles. The van der Waals surface area contributed by atoms with E-state index in [1.54, 1.807) is 17.4 Å². The normalized spacial score (nSPS) is 18.8. The van der Waals surface area contributed by atoms with Crippen LogP contribution in [0.3, 0.4) is 0 Å². The number of nitrogens with one attached hydrogen (secondary N) is 1. The Balaban J connectivity index is 1.39. The smallest absolute Gasteiger partial charge is 0.329 e. The van der Waals surface area contributed by atoms with E-state index in [0.717, 1.165) is 27.1 Å². The van der Waals surface area contributed by atoms with Crippen molar-refractivity contribution in [2.75, 3.05) is 23.8 Å². The van der Waals surface area contributed by atoms with Gasteiger partial charge in [0.15, 0.2) is 5.37 Å². The number of ether oxygens (including phenoxy) is 1. The molecule has 0 spiro atoms. The number of hydrogen-bond acceptors (Lipinski definition) is 7. The first-order chi connectivity index (χ1) is 23.8. The first-order valence-corrected chi connectivity index (χ1v) is 17.6. The number of rotatable bonds is 10. The molecular formula is C39H43N6O4S+. The molecule has 0 bridgehead atoms. The molecule has 1 saturated carbocycles. The van der Waals surface area contributed by atoms with E-state index in [-0.39, 0.29) is 48.8 Å². The van der Waals surface area contributed by atoms with E-state index in [0.29, 0.717) is 29.2 Å². The zero-order valence-electron chi connectivity index (χ0n) is 29.3. The number of benzene rings is 3. The number of hydrogen-bond donors (Lipinski definition) is 2. The average molecular weight is 692 g/mol. The lowest BCUT2D eigenvalue weighted by Gasteiger charge is -2.36. The molecule has 1 unspecified atom stereocenters. The van der Waals surface area contributed by atoms with Gasteiger partial charge in [-0.2, -0.15) is 4.98 Å². The summed E-state index contributed by atoms with van der Waals surface area (Å²) in [4.78, 5) is 52.5. The second-order valence-electron chi connectivity index (χ2n) is 14.1. The van der Waals surface area contributed by atoms with Crippen molar-refractivity contribution in [3.63, 3.8) is 0 Å². The van der Waals surface area contributed by atoms with Gasteiger partial charge in [-0.1, -0.05) is 57.2 Å². The maximum atomic E-state index is 14.8. The lowest BCUT2D eigenvalue weighted by atomic mass is 9.86. The summed E-state index contributed by atoms with van der Waals surface area (Å²) >= 11 is 1.56. The number of urea groups is 1. The number of imide groups is 1. The SMILES string of the molecule is CC=[S+]c1cccc(C(=O)N(Cc2cccc(N3CC(=O)NC3=O)c2)C2(COc3cc(-c4c(C)cccc4C)nc(N)n3)C[C@H]2C(C)(C)C)c1. The molecule has 0 radical (unpaired) electrons. The Morgan fingerprint density at radius 3 is 2.44 bits per heavy atom. The highest BCUT2D eigenvalue weighted by Gasteiger charge is 2.64. The summed E-state index contributed by atoms with van der Waals surface area (Å²) < 4.78 is 6.55. The molecule has 4 aromatic rings. The van der Waals surface area contributed by atoms with Crippen molar-refractivity contribution in [2.45, 2.75) is 64.9 Å². The highest BCUT2D eigenvalue weighted by Crippen LogP contribution is 2.58. The second kappa shape index (κ2) is 13.6. The van der Waals surface area contributed by atoms with Gasteiger partial charge in [0, 0.05) is 48.5 Å². The molecule has 2 atom stereocenters. The predicted molar refractivity (Wildman–Crippen MR) is 198 cm³/mol. The average Bonchev–Trinajstić information content (AvgIpc) is 3.72. The Morgan fingerprint density at radius 2 is 1.78 bits per heavy atom. The molecule has 11 heteroatoms. The summed E-state index contributed by atoms with van der Waals surface area (Å²) in [6.07, 6.45) is 0.715. The Labute approximate surface area is 297 Å². The lowest BCUT2D eigenvalue weighted by Crippen LogP contribution is -2.48. The maximum absolute atomic E-state index is 14.8. The Morgan fingerprint density at radius 1 is 1.06 bits per heavy atom. The minimum Gasteiger partial charge on any atom is -0.475 e. The van der Waals surface area contributed by atoms with Gasteiger partial charge >= 0.3 is 6.03 Å². The van der Waals surface area contributed by atoms with Crippen LogP contribution in [0.2, 0.25) is 0 Å². The van der Waals surface area contributed by atoms with Gasteiger partial charge in [-0.15, -0.1) is 0 Å². The van der Waals surface area contributed by atoms with Crippen molar-refractivity contribution in [3.05, 3.63) is 95.1 Å². The minimum absolute atomic E-state index is 0.0558. The van der Waals surface area contributed by atoms with Crippen molar-refractivity contribution < 1.29 is 19.1 Å². The van der Waals surface area contributed by atoms with Crippen LogP contribution in [-0.4, -0.2) is 56.8 Å². The van der Waals surface area contributed by atoms with Gasteiger partial charge in [-0.25, -0.2) is 9.78 Å².